The van der Waals surface area contributed by atoms with Gasteiger partial charge in [0.25, 0.3) is 5.91 Å². The van der Waals surface area contributed by atoms with E-state index < -0.39 is 0 Å². The van der Waals surface area contributed by atoms with E-state index in [0.29, 0.717) is 62.1 Å². The fraction of sp³-hybridized carbons (Fsp3) is 0.211. The van der Waals surface area contributed by atoms with Crippen molar-refractivity contribution in [2.24, 2.45) is 0 Å². The number of nitrogens with one attached hydrogen (secondary N) is 1. The van der Waals surface area contributed by atoms with Crippen molar-refractivity contribution in [3.63, 3.8) is 0 Å². The zero-order valence-electron chi connectivity index (χ0n) is 50.4. The maximum Gasteiger partial charge on any atom is 0.264 e. The lowest BCUT2D eigenvalue weighted by Crippen LogP contribution is -2.21. The minimum absolute atomic E-state index is 0.00324. The number of aromatic hydroxyl groups is 3. The average molecular weight is 1130 g/mol. The van der Waals surface area contributed by atoms with Gasteiger partial charge in [-0.15, -0.1) is 0 Å². The van der Waals surface area contributed by atoms with Gasteiger partial charge >= 0.3 is 0 Å². The minimum atomic E-state index is -0.250. The highest BCUT2D eigenvalue weighted by Gasteiger charge is 2.29. The van der Waals surface area contributed by atoms with Crippen LogP contribution in [0.3, 0.4) is 0 Å². The molecule has 0 radical (unpaired) electrons. The Kier molecular flexibility index (Phi) is 18.2. The van der Waals surface area contributed by atoms with Crippen LogP contribution in [0.1, 0.15) is 56.1 Å². The Morgan fingerprint density at radius 3 is 1.49 bits per heavy atom. The number of amides is 1. The smallest absolute Gasteiger partial charge is 0.264 e. The monoisotopic (exact) mass is 1130 g/mol. The van der Waals surface area contributed by atoms with Gasteiger partial charge < -0.3 is 40.2 Å². The van der Waals surface area contributed by atoms with Gasteiger partial charge in [0.1, 0.15) is 28.9 Å². The Hall–Kier alpha value is -10.1. The molecule has 434 valence electrons. The summed E-state index contributed by atoms with van der Waals surface area (Å²) >= 11 is 0. The lowest BCUT2D eigenvalue weighted by atomic mass is 10.0. The molecule has 10 rings (SSSR count). The molecule has 14 nitrogen and oxygen atoms in total. The second-order valence-corrected chi connectivity index (χ2v) is 21.3. The van der Waals surface area contributed by atoms with E-state index in [-0.39, 0.29) is 29.1 Å². The molecule has 1 amide bonds. The molecular weight excluding hydrogens is 1060 g/mol. The van der Waals surface area contributed by atoms with E-state index in [0.717, 1.165) is 71.3 Å². The number of rotatable bonds is 17. The van der Waals surface area contributed by atoms with E-state index in [1.54, 1.807) is 28.8 Å². The van der Waals surface area contributed by atoms with Gasteiger partial charge in [0.05, 0.1) is 34.0 Å². The number of carbonyl (C=O) groups is 2. The highest BCUT2D eigenvalue weighted by atomic mass is 16.3. The molecule has 0 aliphatic carbocycles. The van der Waals surface area contributed by atoms with Crippen LogP contribution in [0, 0.1) is 13.8 Å². The first kappa shape index (κ1) is 59.5. The van der Waals surface area contributed by atoms with Crippen LogP contribution >= 0.6 is 0 Å². The molecule has 0 aliphatic heterocycles. The first-order chi connectivity index (χ1) is 40.9. The third kappa shape index (κ3) is 12.6. The standard InChI is InChI=1S/C36H37N5O3.C35H38N4O2/c1-22-19-27(20-23(2)34(22)43)35-38-32(30-18-17-29(40(6)7)21-31(30)37-24(3)42)33(25-13-15-28(16-14-25)39(4)5)41(35)36(44)26-11-9-8-10-12-26;1-5-37(6-2)27-18-14-25(15-19-27)33-34(26-16-20-28(21-17-26)38(7-3)8-4)39(29-12-10-9-11-13-29)35(36-33)31-23-22-30(40)24-32(31)41/h8-21,43H,1-7H3,(H,37,42);9-24,40-41H,5-8H2,1-4H3. The second-order valence-electron chi connectivity index (χ2n) is 21.3. The van der Waals surface area contributed by atoms with E-state index >= 15 is 0 Å². The van der Waals surface area contributed by atoms with Crippen LogP contribution in [0.4, 0.5) is 28.4 Å². The van der Waals surface area contributed by atoms with Crippen LogP contribution in [-0.2, 0) is 4.79 Å². The van der Waals surface area contributed by atoms with Crippen molar-refractivity contribution in [3.8, 4) is 90.7 Å². The van der Waals surface area contributed by atoms with Crippen molar-refractivity contribution in [1.29, 1.82) is 0 Å². The van der Waals surface area contributed by atoms with Crippen LogP contribution in [0.5, 0.6) is 17.2 Å². The summed E-state index contributed by atoms with van der Waals surface area (Å²) in [6, 6.07) is 58.5. The molecule has 0 unspecified atom stereocenters. The van der Waals surface area contributed by atoms with Gasteiger partial charge in [-0.05, 0) is 156 Å². The SMILES string of the molecule is CC(=O)Nc1cc(N(C)C)ccc1-c1nc(-c2cc(C)c(O)c(C)c2)n(C(=O)c2ccccc2)c1-c1ccc(N(C)C)cc1.CCN(CC)c1ccc(-c2nc(-c3ccc(O)cc3O)n(-c3ccccc3)c2-c2ccc(N(CC)CC)cc2)cc1. The molecule has 2 aromatic heterocycles. The molecule has 10 aromatic rings. The number of nitrogens with zero attached hydrogens (tertiary/aromatic N) is 8. The van der Waals surface area contributed by atoms with Crippen LogP contribution < -0.4 is 24.9 Å². The zero-order chi connectivity index (χ0) is 60.6. The fourth-order valence-corrected chi connectivity index (χ4v) is 10.7. The number of carbonyl (C=O) groups excluding carboxylic acids is 2. The maximum atomic E-state index is 14.5. The van der Waals surface area contributed by atoms with E-state index in [2.05, 4.69) is 95.9 Å². The van der Waals surface area contributed by atoms with Crippen LogP contribution in [0.2, 0.25) is 0 Å². The predicted molar refractivity (Wildman–Crippen MR) is 349 cm³/mol. The Balaban J connectivity index is 0.000000204. The molecule has 4 N–H and O–H groups in total. The number of phenolic OH excluding ortho intramolecular Hbond substituents is 3. The summed E-state index contributed by atoms with van der Waals surface area (Å²) in [5, 5.41) is 34.5. The summed E-state index contributed by atoms with van der Waals surface area (Å²) in [5.41, 5.74) is 15.2. The van der Waals surface area contributed by atoms with Gasteiger partial charge in [-0.3, -0.25) is 18.7 Å². The summed E-state index contributed by atoms with van der Waals surface area (Å²) in [6.07, 6.45) is 0. The number of hydrogen-bond acceptors (Lipinski definition) is 11. The topological polar surface area (TPSA) is 155 Å². The minimum Gasteiger partial charge on any atom is -0.508 e. The van der Waals surface area contributed by atoms with Gasteiger partial charge in [0.15, 0.2) is 0 Å². The Morgan fingerprint density at radius 1 is 0.494 bits per heavy atom. The van der Waals surface area contributed by atoms with E-state index in [1.807, 2.05) is 155 Å². The molecule has 0 saturated carbocycles. The van der Waals surface area contributed by atoms with E-state index in [4.69, 9.17) is 9.97 Å². The summed E-state index contributed by atoms with van der Waals surface area (Å²) in [4.78, 5) is 45.9. The molecule has 0 aliphatic rings. The van der Waals surface area contributed by atoms with Crippen LogP contribution in [-0.4, -0.2) is 101 Å². The molecule has 8 aromatic carbocycles. The number of aromatic nitrogens is 4. The quantitative estimate of drug-likeness (QED) is 0.0688. The average Bonchev–Trinajstić information content (AvgIpc) is 1.96. The highest BCUT2D eigenvalue weighted by molar-refractivity contribution is 6.05. The molecule has 85 heavy (non-hydrogen) atoms. The van der Waals surface area contributed by atoms with Crippen LogP contribution in [0.15, 0.2) is 182 Å². The number of anilines is 5. The molecule has 0 saturated heterocycles. The molecular formula is C71H75N9O5. The number of benzene rings is 8. The zero-order valence-corrected chi connectivity index (χ0v) is 50.4. The van der Waals surface area contributed by atoms with E-state index in [9.17, 15) is 24.9 Å². The number of para-hydroxylation sites is 1. The number of hydrogen-bond donors (Lipinski definition) is 4. The van der Waals surface area contributed by atoms with Crippen molar-refractivity contribution in [3.05, 3.63) is 199 Å². The van der Waals surface area contributed by atoms with Crippen LogP contribution in [0.25, 0.3) is 73.5 Å². The molecule has 0 bridgehead atoms. The summed E-state index contributed by atoms with van der Waals surface area (Å²) in [6.45, 7) is 17.5. The number of aryl methyl sites for hydroxylation is 2. The van der Waals surface area contributed by atoms with Gasteiger partial charge in [0.2, 0.25) is 5.91 Å². The normalized spacial score (nSPS) is 11.0. The second kappa shape index (κ2) is 26.0. The van der Waals surface area contributed by atoms with E-state index in [1.165, 1.54) is 24.4 Å². The predicted octanol–water partition coefficient (Wildman–Crippen LogP) is 15.0. The fourth-order valence-electron chi connectivity index (χ4n) is 10.7. The lowest BCUT2D eigenvalue weighted by Gasteiger charge is -2.22. The Labute approximate surface area is 499 Å². The lowest BCUT2D eigenvalue weighted by molar-refractivity contribution is -0.114. The summed E-state index contributed by atoms with van der Waals surface area (Å²) < 4.78 is 3.75. The Morgan fingerprint density at radius 2 is 0.976 bits per heavy atom. The number of imidazole rings is 2. The van der Waals surface area contributed by atoms with Crippen molar-refractivity contribution in [1.82, 2.24) is 19.1 Å². The maximum absolute atomic E-state index is 14.5. The first-order valence-electron chi connectivity index (χ1n) is 28.8. The largest absolute Gasteiger partial charge is 0.508 e. The highest BCUT2D eigenvalue weighted by Crippen LogP contribution is 2.44. The van der Waals surface area contributed by atoms with Crippen molar-refractivity contribution >= 4 is 40.3 Å². The molecule has 14 heteroatoms. The molecule has 0 atom stereocenters. The van der Waals surface area contributed by atoms with Crippen molar-refractivity contribution < 1.29 is 24.9 Å². The van der Waals surface area contributed by atoms with Gasteiger partial charge in [-0.2, -0.15) is 0 Å². The third-order valence-electron chi connectivity index (χ3n) is 15.2. The van der Waals surface area contributed by atoms with Crippen molar-refractivity contribution in [2.75, 3.05) is 79.3 Å². The van der Waals surface area contributed by atoms with Gasteiger partial charge in [0, 0.05) is 129 Å². The summed E-state index contributed by atoms with van der Waals surface area (Å²) in [7, 11) is 7.82. The van der Waals surface area contributed by atoms with Gasteiger partial charge in [-0.1, -0.05) is 72.8 Å². The third-order valence-corrected chi connectivity index (χ3v) is 15.2. The molecule has 0 spiro atoms. The molecule has 2 heterocycles. The summed E-state index contributed by atoms with van der Waals surface area (Å²) in [5.74, 6) is 0.733. The first-order valence-corrected chi connectivity index (χ1v) is 28.8. The number of phenols is 3. The molecule has 0 fully saturated rings. The van der Waals surface area contributed by atoms with Crippen molar-refractivity contribution in [2.45, 2.75) is 48.5 Å². The Bertz CT molecular complexity index is 3930. The van der Waals surface area contributed by atoms with Gasteiger partial charge in [-0.25, -0.2) is 9.97 Å².